The van der Waals surface area contributed by atoms with Crippen LogP contribution in [0.2, 0.25) is 0 Å². The molecule has 0 spiro atoms. The summed E-state index contributed by atoms with van der Waals surface area (Å²) in [6.07, 6.45) is 4.39. The fourth-order valence-corrected chi connectivity index (χ4v) is 2.38. The van der Waals surface area contributed by atoms with Crippen molar-refractivity contribution in [3.63, 3.8) is 0 Å². The molecule has 20 heavy (non-hydrogen) atoms. The number of benzene rings is 1. The van der Waals surface area contributed by atoms with E-state index < -0.39 is 0 Å². The van der Waals surface area contributed by atoms with Crippen LogP contribution in [0.4, 0.5) is 0 Å². The summed E-state index contributed by atoms with van der Waals surface area (Å²) in [5.41, 5.74) is 2.20. The number of nitrogens with one attached hydrogen (secondary N) is 1. The van der Waals surface area contributed by atoms with Gasteiger partial charge in [-0.2, -0.15) is 0 Å². The van der Waals surface area contributed by atoms with Gasteiger partial charge in [0.1, 0.15) is 12.4 Å². The van der Waals surface area contributed by atoms with Gasteiger partial charge in [-0.1, -0.05) is 28.1 Å². The Hall–Kier alpha value is -1.39. The Bertz CT molecular complexity index is 567. The molecule has 0 atom stereocenters. The highest BCUT2D eigenvalue weighted by Gasteiger charge is 2.19. The largest absolute Gasteiger partial charge is 0.487 e. The number of halogens is 1. The maximum absolute atomic E-state index is 5.74. The molecule has 1 N–H and O–H groups in total. The van der Waals surface area contributed by atoms with Gasteiger partial charge in [0.15, 0.2) is 0 Å². The molecule has 3 rings (SSSR count). The zero-order valence-corrected chi connectivity index (χ0v) is 12.8. The first kappa shape index (κ1) is 13.6. The Morgan fingerprint density at radius 2 is 2.15 bits per heavy atom. The minimum Gasteiger partial charge on any atom is -0.487 e. The maximum Gasteiger partial charge on any atom is 0.138 e. The Morgan fingerprint density at radius 1 is 1.25 bits per heavy atom. The van der Waals surface area contributed by atoms with Gasteiger partial charge in [0, 0.05) is 17.1 Å². The molecule has 104 valence electrons. The molecule has 1 saturated carbocycles. The van der Waals surface area contributed by atoms with Gasteiger partial charge in [-0.3, -0.25) is 4.98 Å². The van der Waals surface area contributed by atoms with E-state index in [-0.39, 0.29) is 0 Å². The average Bonchev–Trinajstić information content (AvgIpc) is 3.28. The first-order valence-electron chi connectivity index (χ1n) is 6.85. The number of pyridine rings is 1. The van der Waals surface area contributed by atoms with Crippen molar-refractivity contribution in [2.75, 3.05) is 0 Å². The monoisotopic (exact) mass is 332 g/mol. The van der Waals surface area contributed by atoms with E-state index in [9.17, 15) is 0 Å². The molecule has 0 amide bonds. The lowest BCUT2D eigenvalue weighted by Gasteiger charge is -2.07. The van der Waals surface area contributed by atoms with Crippen LogP contribution < -0.4 is 10.1 Å². The molecule has 3 nitrogen and oxygen atoms in total. The van der Waals surface area contributed by atoms with Crippen LogP contribution in [-0.4, -0.2) is 11.0 Å². The number of hydrogen-bond donors (Lipinski definition) is 1. The van der Waals surface area contributed by atoms with Gasteiger partial charge < -0.3 is 10.1 Å². The van der Waals surface area contributed by atoms with Crippen LogP contribution in [0, 0.1) is 0 Å². The van der Waals surface area contributed by atoms with Crippen LogP contribution >= 0.6 is 15.9 Å². The lowest BCUT2D eigenvalue weighted by atomic mass is 10.2. The molecule has 0 aliphatic heterocycles. The zero-order valence-electron chi connectivity index (χ0n) is 11.2. The summed E-state index contributed by atoms with van der Waals surface area (Å²) in [4.78, 5) is 4.41. The van der Waals surface area contributed by atoms with Crippen molar-refractivity contribution < 1.29 is 4.74 Å². The summed E-state index contributed by atoms with van der Waals surface area (Å²) in [6.45, 7) is 1.40. The van der Waals surface area contributed by atoms with Crippen LogP contribution in [0.3, 0.4) is 0 Å². The fourth-order valence-electron chi connectivity index (χ4n) is 1.93. The Morgan fingerprint density at radius 3 is 2.85 bits per heavy atom. The van der Waals surface area contributed by atoms with Gasteiger partial charge in [-0.05, 0) is 42.7 Å². The van der Waals surface area contributed by atoms with Crippen molar-refractivity contribution in [2.45, 2.75) is 32.0 Å². The van der Waals surface area contributed by atoms with E-state index in [4.69, 9.17) is 4.74 Å². The highest BCUT2D eigenvalue weighted by molar-refractivity contribution is 9.10. The van der Waals surface area contributed by atoms with Crippen LogP contribution in [0.1, 0.15) is 24.1 Å². The predicted octanol–water partition coefficient (Wildman–Crippen LogP) is 3.68. The number of nitrogens with zero attached hydrogens (tertiary/aromatic N) is 1. The second-order valence-corrected chi connectivity index (χ2v) is 5.97. The third kappa shape index (κ3) is 4.05. The number of rotatable bonds is 6. The van der Waals surface area contributed by atoms with Crippen molar-refractivity contribution in [3.8, 4) is 5.75 Å². The van der Waals surface area contributed by atoms with Crippen molar-refractivity contribution in [1.82, 2.24) is 10.3 Å². The fraction of sp³-hybridized carbons (Fsp3) is 0.312. The Labute approximate surface area is 127 Å². The minimum atomic E-state index is 0.556. The standard InChI is InChI=1S/C16H17BrN2O/c17-13-3-1-2-12(8-13)11-20-16-7-6-15(19-10-16)9-18-14-4-5-14/h1-3,6-8,10,14,18H,4-5,9,11H2. The molecule has 0 unspecified atom stereocenters. The average molecular weight is 333 g/mol. The third-order valence-electron chi connectivity index (χ3n) is 3.24. The van der Waals surface area contributed by atoms with Gasteiger partial charge in [0.25, 0.3) is 0 Å². The predicted molar refractivity (Wildman–Crippen MR) is 82.6 cm³/mol. The molecule has 1 fully saturated rings. The zero-order chi connectivity index (χ0) is 13.8. The number of hydrogen-bond acceptors (Lipinski definition) is 3. The minimum absolute atomic E-state index is 0.556. The normalized spacial score (nSPS) is 14.2. The van der Waals surface area contributed by atoms with Crippen LogP contribution in [0.15, 0.2) is 47.1 Å². The lowest BCUT2D eigenvalue weighted by Crippen LogP contribution is -2.16. The topological polar surface area (TPSA) is 34.1 Å². The summed E-state index contributed by atoms with van der Waals surface area (Å²) in [5.74, 6) is 0.806. The van der Waals surface area contributed by atoms with Crippen LogP contribution in [0.25, 0.3) is 0 Å². The molecule has 4 heteroatoms. The quantitative estimate of drug-likeness (QED) is 0.876. The van der Waals surface area contributed by atoms with Crippen LogP contribution in [0.5, 0.6) is 5.75 Å². The third-order valence-corrected chi connectivity index (χ3v) is 3.73. The van der Waals surface area contributed by atoms with Crippen molar-refractivity contribution in [3.05, 3.63) is 58.3 Å². The van der Waals surface area contributed by atoms with E-state index in [0.717, 1.165) is 28.0 Å². The van der Waals surface area contributed by atoms with E-state index in [1.54, 1.807) is 6.20 Å². The molecular formula is C16H17BrN2O. The van der Waals surface area contributed by atoms with Gasteiger partial charge in [0.05, 0.1) is 11.9 Å². The first-order chi connectivity index (χ1) is 9.79. The van der Waals surface area contributed by atoms with Crippen molar-refractivity contribution >= 4 is 15.9 Å². The van der Waals surface area contributed by atoms with E-state index in [0.29, 0.717) is 12.6 Å². The summed E-state index contributed by atoms with van der Waals surface area (Å²) >= 11 is 3.46. The lowest BCUT2D eigenvalue weighted by molar-refractivity contribution is 0.304. The highest BCUT2D eigenvalue weighted by Crippen LogP contribution is 2.19. The van der Waals surface area contributed by atoms with E-state index in [2.05, 4.69) is 32.3 Å². The number of ether oxygens (including phenoxy) is 1. The van der Waals surface area contributed by atoms with Crippen LogP contribution in [-0.2, 0) is 13.2 Å². The van der Waals surface area contributed by atoms with Gasteiger partial charge in [-0.25, -0.2) is 0 Å². The summed E-state index contributed by atoms with van der Waals surface area (Å²) in [5, 5.41) is 3.45. The molecule has 1 aliphatic carbocycles. The van der Waals surface area contributed by atoms with Crippen molar-refractivity contribution in [2.24, 2.45) is 0 Å². The van der Waals surface area contributed by atoms with Gasteiger partial charge in [-0.15, -0.1) is 0 Å². The Balaban J connectivity index is 1.52. The van der Waals surface area contributed by atoms with Gasteiger partial charge >= 0.3 is 0 Å². The second kappa shape index (κ2) is 6.37. The first-order valence-corrected chi connectivity index (χ1v) is 7.64. The highest BCUT2D eigenvalue weighted by atomic mass is 79.9. The molecule has 0 saturated heterocycles. The molecular weight excluding hydrogens is 316 g/mol. The Kier molecular flexibility index (Phi) is 4.33. The molecule has 0 bridgehead atoms. The molecule has 0 radical (unpaired) electrons. The van der Waals surface area contributed by atoms with Crippen molar-refractivity contribution in [1.29, 1.82) is 0 Å². The number of aromatic nitrogens is 1. The smallest absolute Gasteiger partial charge is 0.138 e. The van der Waals surface area contributed by atoms with E-state index >= 15 is 0 Å². The molecule has 1 aromatic heterocycles. The maximum atomic E-state index is 5.74. The summed E-state index contributed by atoms with van der Waals surface area (Å²) < 4.78 is 6.80. The van der Waals surface area contributed by atoms with E-state index in [1.165, 1.54) is 12.8 Å². The SMILES string of the molecule is Brc1cccc(COc2ccc(CNC3CC3)nc2)c1. The van der Waals surface area contributed by atoms with E-state index in [1.807, 2.05) is 30.3 Å². The molecule has 1 aliphatic rings. The summed E-state index contributed by atoms with van der Waals surface area (Å²) in [6, 6.07) is 12.8. The molecule has 1 aromatic carbocycles. The second-order valence-electron chi connectivity index (χ2n) is 5.06. The molecule has 2 aromatic rings. The molecule has 1 heterocycles. The summed E-state index contributed by atoms with van der Waals surface area (Å²) in [7, 11) is 0. The van der Waals surface area contributed by atoms with Gasteiger partial charge in [0.2, 0.25) is 0 Å².